The summed E-state index contributed by atoms with van der Waals surface area (Å²) in [7, 11) is 3.47. The number of aliphatic hydroxyl groups is 1. The average molecular weight is 511 g/mol. The molecule has 0 aliphatic carbocycles. The van der Waals surface area contributed by atoms with Crippen LogP contribution in [0.1, 0.15) is 37.6 Å². The first kappa shape index (κ1) is 26.7. The van der Waals surface area contributed by atoms with Gasteiger partial charge in [-0.15, -0.1) is 0 Å². The lowest BCUT2D eigenvalue weighted by Gasteiger charge is -2.34. The van der Waals surface area contributed by atoms with Crippen LogP contribution in [0.15, 0.2) is 30.6 Å². The molecule has 10 heteroatoms. The molecule has 2 aliphatic heterocycles. The lowest BCUT2D eigenvalue weighted by atomic mass is 9.96. The number of methoxy groups -OCH3 is 1. The first-order valence-corrected chi connectivity index (χ1v) is 13.0. The van der Waals surface area contributed by atoms with Gasteiger partial charge >= 0.3 is 0 Å². The summed E-state index contributed by atoms with van der Waals surface area (Å²) in [6.07, 6.45) is 8.33. The summed E-state index contributed by atoms with van der Waals surface area (Å²) in [5.74, 6) is 1.39. The zero-order chi connectivity index (χ0) is 26.4. The number of aliphatic hydroxyl groups excluding tert-OH is 1. The molecule has 4 heterocycles. The van der Waals surface area contributed by atoms with Crippen LogP contribution in [0.2, 0.25) is 0 Å². The highest BCUT2D eigenvalue weighted by atomic mass is 16.5. The van der Waals surface area contributed by atoms with Gasteiger partial charge in [-0.1, -0.05) is 0 Å². The summed E-state index contributed by atoms with van der Waals surface area (Å²) < 4.78 is 7.90. The summed E-state index contributed by atoms with van der Waals surface area (Å²) in [6, 6.07) is 6.77. The summed E-state index contributed by atoms with van der Waals surface area (Å²) in [6.45, 7) is 5.32. The average Bonchev–Trinajstić information content (AvgIpc) is 3.57. The third-order valence-electron chi connectivity index (χ3n) is 7.67. The van der Waals surface area contributed by atoms with E-state index in [9.17, 15) is 9.90 Å². The largest absolute Gasteiger partial charge is 0.471 e. The van der Waals surface area contributed by atoms with Crippen molar-refractivity contribution in [1.29, 1.82) is 0 Å². The number of hydrogen-bond acceptors (Lipinski definition) is 7. The third kappa shape index (κ3) is 5.95. The number of hydrogen-bond donors (Lipinski definition) is 1. The van der Waals surface area contributed by atoms with Gasteiger partial charge < -0.3 is 24.2 Å². The van der Waals surface area contributed by atoms with E-state index in [1.54, 1.807) is 6.20 Å². The fourth-order valence-corrected chi connectivity index (χ4v) is 5.26. The summed E-state index contributed by atoms with van der Waals surface area (Å²) in [5, 5.41) is 13.8. The van der Waals surface area contributed by atoms with Gasteiger partial charge in [0.15, 0.2) is 0 Å². The van der Waals surface area contributed by atoms with Crippen molar-refractivity contribution in [3.05, 3.63) is 42.0 Å². The van der Waals surface area contributed by atoms with Gasteiger partial charge in [0.25, 0.3) is 6.47 Å². The van der Waals surface area contributed by atoms with E-state index in [1.165, 1.54) is 18.4 Å². The van der Waals surface area contributed by atoms with Crippen molar-refractivity contribution in [3.63, 3.8) is 0 Å². The van der Waals surface area contributed by atoms with Gasteiger partial charge in [-0.3, -0.25) is 14.3 Å². The molecule has 1 fully saturated rings. The summed E-state index contributed by atoms with van der Waals surface area (Å²) in [4.78, 5) is 31.6. The molecular weight excluding hydrogens is 472 g/mol. The van der Waals surface area contributed by atoms with Crippen LogP contribution in [-0.4, -0.2) is 81.6 Å². The topological polar surface area (TPSA) is 106 Å². The van der Waals surface area contributed by atoms with E-state index in [4.69, 9.17) is 9.78 Å². The Bertz CT molecular complexity index is 1180. The second-order valence-corrected chi connectivity index (χ2v) is 9.90. The number of ether oxygens (including phenoxy) is 1. The van der Waals surface area contributed by atoms with Crippen molar-refractivity contribution in [1.82, 2.24) is 24.2 Å². The Hall–Kier alpha value is -3.40. The number of aryl methyl sites for hydroxylation is 3. The first-order valence-electron chi connectivity index (χ1n) is 13.0. The highest BCUT2D eigenvalue weighted by Gasteiger charge is 2.27. The van der Waals surface area contributed by atoms with Gasteiger partial charge in [0.2, 0.25) is 5.91 Å². The molecule has 0 bridgehead atoms. The van der Waals surface area contributed by atoms with E-state index in [0.717, 1.165) is 68.6 Å². The van der Waals surface area contributed by atoms with Crippen LogP contribution in [0.3, 0.4) is 0 Å². The van der Waals surface area contributed by atoms with Crippen LogP contribution in [-0.2, 0) is 40.3 Å². The quantitative estimate of drug-likeness (QED) is 0.486. The maximum Gasteiger partial charge on any atom is 0.292 e. The molecule has 1 amide bonds. The number of piperidine rings is 1. The summed E-state index contributed by atoms with van der Waals surface area (Å²) in [5.41, 5.74) is 4.63. The van der Waals surface area contributed by atoms with Gasteiger partial charge in [-0.25, -0.2) is 4.98 Å². The van der Waals surface area contributed by atoms with Crippen LogP contribution >= 0.6 is 0 Å². The second-order valence-electron chi connectivity index (χ2n) is 9.90. The molecule has 3 aromatic rings. The predicted octanol–water partition coefficient (Wildman–Crippen LogP) is 2.27. The Morgan fingerprint density at radius 1 is 1.24 bits per heavy atom. The fourth-order valence-electron chi connectivity index (χ4n) is 5.26. The molecule has 1 N–H and O–H groups in total. The van der Waals surface area contributed by atoms with Crippen molar-refractivity contribution < 1.29 is 19.4 Å². The lowest BCUT2D eigenvalue weighted by Crippen LogP contribution is -2.41. The minimum atomic E-state index is 0.134. The molecule has 10 nitrogen and oxygen atoms in total. The second kappa shape index (κ2) is 12.2. The smallest absolute Gasteiger partial charge is 0.292 e. The number of aromatic nitrogens is 4. The molecule has 2 aliphatic rings. The van der Waals surface area contributed by atoms with Crippen LogP contribution in [0.5, 0.6) is 0 Å². The van der Waals surface area contributed by atoms with E-state index in [0.29, 0.717) is 25.0 Å². The molecule has 200 valence electrons. The first-order chi connectivity index (χ1) is 18.0. The van der Waals surface area contributed by atoms with Crippen molar-refractivity contribution in [2.45, 2.75) is 58.2 Å². The number of anilines is 1. The van der Waals surface area contributed by atoms with Crippen LogP contribution < -0.4 is 4.90 Å². The molecule has 1 atom stereocenters. The Morgan fingerprint density at radius 3 is 2.65 bits per heavy atom. The van der Waals surface area contributed by atoms with Gasteiger partial charge in [-0.05, 0) is 56.7 Å². The molecule has 0 saturated carbocycles. The van der Waals surface area contributed by atoms with E-state index >= 15 is 0 Å². The zero-order valence-corrected chi connectivity index (χ0v) is 22.0. The van der Waals surface area contributed by atoms with E-state index in [1.807, 2.05) is 21.8 Å². The SMILES string of the molecule is CC1CCc2c(ccc3c2nc(CCn2cccn2)n3CC(=O)N2CCC(CO)CC2)N1C.COC=O. The van der Waals surface area contributed by atoms with E-state index in [-0.39, 0.29) is 12.5 Å². The molecule has 5 rings (SSSR count). The highest BCUT2D eigenvalue weighted by molar-refractivity contribution is 5.88. The standard InChI is InChI=1S/C25H34N6O2.C2H4O2/c1-18-4-5-20-21(28(18)2)6-7-22-25(20)27-23(10-15-30-12-3-11-26-30)31(22)16-24(33)29-13-8-19(17-32)9-14-29;1-4-2-3/h3,6-7,11-12,18-19,32H,4-5,8-10,13-17H2,1-2H3;2H,1H3. The van der Waals surface area contributed by atoms with Crippen LogP contribution in [0.4, 0.5) is 5.69 Å². The normalized spacial score (nSPS) is 17.8. The van der Waals surface area contributed by atoms with Crippen molar-refractivity contribution in [2.24, 2.45) is 5.92 Å². The maximum absolute atomic E-state index is 13.3. The molecule has 2 aromatic heterocycles. The monoisotopic (exact) mass is 510 g/mol. The van der Waals surface area contributed by atoms with Crippen LogP contribution in [0, 0.1) is 5.92 Å². The molecule has 0 spiro atoms. The van der Waals surface area contributed by atoms with E-state index < -0.39 is 0 Å². The van der Waals surface area contributed by atoms with Crippen molar-refractivity contribution in [3.8, 4) is 0 Å². The number of amides is 1. The highest BCUT2D eigenvalue weighted by Crippen LogP contribution is 2.35. The number of likely N-dealkylation sites (tertiary alicyclic amines) is 1. The predicted molar refractivity (Wildman–Crippen MR) is 141 cm³/mol. The molecule has 1 aromatic carbocycles. The van der Waals surface area contributed by atoms with Gasteiger partial charge in [0.05, 0.1) is 18.1 Å². The number of carbonyl (C=O) groups excluding carboxylic acids is 2. The number of nitrogens with zero attached hydrogens (tertiary/aromatic N) is 6. The Morgan fingerprint density at radius 2 is 2.00 bits per heavy atom. The number of rotatable bonds is 7. The van der Waals surface area contributed by atoms with Gasteiger partial charge in [0.1, 0.15) is 12.4 Å². The number of carbonyl (C=O) groups is 2. The van der Waals surface area contributed by atoms with E-state index in [2.05, 4.69) is 45.4 Å². The lowest BCUT2D eigenvalue weighted by molar-refractivity contribution is -0.133. The fraction of sp³-hybridized carbons (Fsp3) is 0.556. The molecule has 1 saturated heterocycles. The molecular formula is C27H38N6O4. The van der Waals surface area contributed by atoms with Crippen molar-refractivity contribution in [2.75, 3.05) is 38.8 Å². The third-order valence-corrected chi connectivity index (χ3v) is 7.67. The van der Waals surface area contributed by atoms with Crippen LogP contribution in [0.25, 0.3) is 11.0 Å². The Balaban J connectivity index is 0.000000747. The number of benzene rings is 1. The van der Waals surface area contributed by atoms with Crippen molar-refractivity contribution >= 4 is 29.1 Å². The Kier molecular flexibility index (Phi) is 8.81. The number of fused-ring (bicyclic) bond motifs is 3. The summed E-state index contributed by atoms with van der Waals surface area (Å²) >= 11 is 0. The van der Waals surface area contributed by atoms with Gasteiger partial charge in [-0.2, -0.15) is 5.10 Å². The minimum Gasteiger partial charge on any atom is -0.471 e. The van der Waals surface area contributed by atoms with Gasteiger partial charge in [0, 0.05) is 69.4 Å². The minimum absolute atomic E-state index is 0.134. The molecule has 37 heavy (non-hydrogen) atoms. The zero-order valence-electron chi connectivity index (χ0n) is 22.0. The Labute approximate surface area is 217 Å². The maximum atomic E-state index is 13.3. The number of imidazole rings is 1. The molecule has 1 unspecified atom stereocenters. The molecule has 0 radical (unpaired) electrons.